The van der Waals surface area contributed by atoms with E-state index in [-0.39, 0.29) is 18.7 Å². The Morgan fingerprint density at radius 2 is 1.84 bits per heavy atom. The van der Waals surface area contributed by atoms with Gasteiger partial charge in [0.2, 0.25) is 5.91 Å². The molecule has 31 heavy (non-hydrogen) atoms. The van der Waals surface area contributed by atoms with Crippen LogP contribution in [0.4, 0.5) is 10.5 Å². The Labute approximate surface area is 195 Å². The number of hydrogen-bond acceptors (Lipinski definition) is 4. The molecule has 0 atom stereocenters. The first-order valence-corrected chi connectivity index (χ1v) is 15.5. The van der Waals surface area contributed by atoms with E-state index in [0.29, 0.717) is 32.5 Å². The highest BCUT2D eigenvalue weighted by atomic mass is 79.9. The number of piperidine rings is 1. The van der Waals surface area contributed by atoms with Crippen molar-refractivity contribution in [3.8, 4) is 0 Å². The first kappa shape index (κ1) is 24.3. The van der Waals surface area contributed by atoms with Crippen LogP contribution in [0.25, 0.3) is 0 Å². The number of carbonyl (C=O) groups excluding carboxylic acids is 2. The van der Waals surface area contributed by atoms with Crippen molar-refractivity contribution in [2.75, 3.05) is 31.3 Å². The molecule has 1 aromatic rings. The van der Waals surface area contributed by atoms with Gasteiger partial charge in [0.25, 0.3) is 0 Å². The number of nitrogens with zero attached hydrogens (tertiary/aromatic N) is 2. The molecule has 172 valence electrons. The number of hydrogen-bond donors (Lipinski definition) is 0. The molecule has 0 aromatic heterocycles. The molecule has 2 amide bonds. The lowest BCUT2D eigenvalue weighted by Crippen LogP contribution is -2.51. The third-order valence-corrected chi connectivity index (χ3v) is 8.10. The van der Waals surface area contributed by atoms with Crippen molar-refractivity contribution in [1.29, 1.82) is 0 Å². The number of fused-ring (bicyclic) bond motifs is 2. The number of likely N-dealkylation sites (tertiary alicyclic amines) is 1. The maximum absolute atomic E-state index is 13.7. The summed E-state index contributed by atoms with van der Waals surface area (Å²) in [6.45, 7) is 14.5. The third-order valence-electron chi connectivity index (χ3n) is 5.90. The van der Waals surface area contributed by atoms with Crippen molar-refractivity contribution in [3.05, 3.63) is 28.2 Å². The van der Waals surface area contributed by atoms with E-state index in [4.69, 9.17) is 9.47 Å². The zero-order chi connectivity index (χ0) is 23.0. The van der Waals surface area contributed by atoms with Gasteiger partial charge in [-0.3, -0.25) is 9.69 Å². The maximum atomic E-state index is 13.7. The van der Waals surface area contributed by atoms with E-state index in [1.54, 1.807) is 9.80 Å². The fourth-order valence-electron chi connectivity index (χ4n) is 4.15. The van der Waals surface area contributed by atoms with Gasteiger partial charge >= 0.3 is 6.09 Å². The lowest BCUT2D eigenvalue weighted by atomic mass is 9.74. The van der Waals surface area contributed by atoms with E-state index in [9.17, 15) is 9.59 Å². The van der Waals surface area contributed by atoms with Gasteiger partial charge in [-0.25, -0.2) is 4.79 Å². The molecular weight excluding hydrogens is 476 g/mol. The van der Waals surface area contributed by atoms with Crippen LogP contribution in [0.3, 0.4) is 0 Å². The molecule has 0 N–H and O–H groups in total. The minimum absolute atomic E-state index is 0.0810. The summed E-state index contributed by atoms with van der Waals surface area (Å²) >= 11 is 3.57. The topological polar surface area (TPSA) is 59.1 Å². The molecule has 6 nitrogen and oxygen atoms in total. The standard InChI is InChI=1S/C23H35BrN2O4Si/c1-22(2,3)30-21(28)25-11-9-23(10-12-25)18-15-17(24)7-8-19(18)26(20(23)27)16-29-13-14-31(4,5)6/h7-8,15H,9-14,16H2,1-6H3. The maximum Gasteiger partial charge on any atom is 0.410 e. The van der Waals surface area contributed by atoms with Crippen LogP contribution in [0, 0.1) is 0 Å². The molecule has 0 radical (unpaired) electrons. The quantitative estimate of drug-likeness (QED) is 0.394. The predicted octanol–water partition coefficient (Wildman–Crippen LogP) is 5.38. The largest absolute Gasteiger partial charge is 0.444 e. The van der Waals surface area contributed by atoms with Gasteiger partial charge in [-0.05, 0) is 63.4 Å². The van der Waals surface area contributed by atoms with Crippen LogP contribution in [0.5, 0.6) is 0 Å². The number of carbonyl (C=O) groups is 2. The normalized spacial score (nSPS) is 18.5. The van der Waals surface area contributed by atoms with Gasteiger partial charge in [0.1, 0.15) is 12.3 Å². The van der Waals surface area contributed by atoms with E-state index >= 15 is 0 Å². The first-order valence-electron chi connectivity index (χ1n) is 11.0. The number of amides is 2. The summed E-state index contributed by atoms with van der Waals surface area (Å²) in [5, 5.41) is 0. The Balaban J connectivity index is 1.75. The lowest BCUT2D eigenvalue weighted by molar-refractivity contribution is -0.126. The molecule has 0 unspecified atom stereocenters. The van der Waals surface area contributed by atoms with Crippen LogP contribution < -0.4 is 4.90 Å². The molecule has 1 spiro atoms. The minimum Gasteiger partial charge on any atom is -0.444 e. The molecule has 1 fully saturated rings. The molecule has 2 aliphatic rings. The molecule has 8 heteroatoms. The number of anilines is 1. The van der Waals surface area contributed by atoms with Gasteiger partial charge in [0, 0.05) is 32.2 Å². The number of ether oxygens (including phenoxy) is 2. The molecule has 0 bridgehead atoms. The van der Waals surface area contributed by atoms with E-state index in [1.165, 1.54) is 0 Å². The van der Waals surface area contributed by atoms with Gasteiger partial charge < -0.3 is 14.4 Å². The Morgan fingerprint density at radius 3 is 2.42 bits per heavy atom. The van der Waals surface area contributed by atoms with Crippen LogP contribution in [0.1, 0.15) is 39.2 Å². The summed E-state index contributed by atoms with van der Waals surface area (Å²) in [7, 11) is -1.19. The Kier molecular flexibility index (Phi) is 6.94. The summed E-state index contributed by atoms with van der Waals surface area (Å²) < 4.78 is 12.4. The van der Waals surface area contributed by atoms with Crippen LogP contribution >= 0.6 is 15.9 Å². The van der Waals surface area contributed by atoms with E-state index in [1.807, 2.05) is 32.9 Å². The third kappa shape index (κ3) is 5.52. The van der Waals surface area contributed by atoms with Crippen molar-refractivity contribution in [1.82, 2.24) is 4.90 Å². The fraction of sp³-hybridized carbons (Fsp3) is 0.652. The molecule has 2 heterocycles. The lowest BCUT2D eigenvalue weighted by Gasteiger charge is -2.39. The first-order chi connectivity index (χ1) is 14.3. The van der Waals surface area contributed by atoms with Crippen LogP contribution in [-0.2, 0) is 19.7 Å². The van der Waals surface area contributed by atoms with E-state index in [0.717, 1.165) is 21.8 Å². The number of halogens is 1. The molecule has 0 saturated carbocycles. The van der Waals surface area contributed by atoms with Crippen molar-refractivity contribution in [3.63, 3.8) is 0 Å². The monoisotopic (exact) mass is 510 g/mol. The zero-order valence-electron chi connectivity index (χ0n) is 19.6. The zero-order valence-corrected chi connectivity index (χ0v) is 22.2. The second kappa shape index (κ2) is 8.87. The van der Waals surface area contributed by atoms with E-state index < -0.39 is 19.1 Å². The molecule has 1 aromatic carbocycles. The summed E-state index contributed by atoms with van der Waals surface area (Å²) in [5.41, 5.74) is 0.813. The van der Waals surface area contributed by atoms with Crippen LogP contribution in [0.15, 0.2) is 22.7 Å². The van der Waals surface area contributed by atoms with Gasteiger partial charge in [0.05, 0.1) is 11.1 Å². The molecule has 2 aliphatic heterocycles. The van der Waals surface area contributed by atoms with Crippen LogP contribution in [-0.4, -0.2) is 57.0 Å². The predicted molar refractivity (Wildman–Crippen MR) is 129 cm³/mol. The summed E-state index contributed by atoms with van der Waals surface area (Å²) in [6.07, 6.45) is 0.855. The Hall–Kier alpha value is -1.38. The SMILES string of the molecule is CC(C)(C)OC(=O)N1CCC2(CC1)C(=O)N(COCC[Si](C)(C)C)c1ccc(Br)cc12. The second-order valence-electron chi connectivity index (χ2n) is 10.8. The Morgan fingerprint density at radius 1 is 1.19 bits per heavy atom. The number of rotatable bonds is 5. The van der Waals surface area contributed by atoms with Crippen LogP contribution in [0.2, 0.25) is 25.7 Å². The van der Waals surface area contributed by atoms with Gasteiger partial charge in [-0.15, -0.1) is 0 Å². The van der Waals surface area contributed by atoms with Crippen molar-refractivity contribution in [2.24, 2.45) is 0 Å². The summed E-state index contributed by atoms with van der Waals surface area (Å²) in [6, 6.07) is 7.08. The van der Waals surface area contributed by atoms with E-state index in [2.05, 4.69) is 41.6 Å². The highest BCUT2D eigenvalue weighted by molar-refractivity contribution is 9.10. The highest BCUT2D eigenvalue weighted by Crippen LogP contribution is 2.48. The van der Waals surface area contributed by atoms with Gasteiger partial charge in [0.15, 0.2) is 0 Å². The highest BCUT2D eigenvalue weighted by Gasteiger charge is 2.52. The van der Waals surface area contributed by atoms with Gasteiger partial charge in [-0.1, -0.05) is 35.6 Å². The minimum atomic E-state index is -1.19. The average Bonchev–Trinajstić information content (AvgIpc) is 2.86. The Bertz CT molecular complexity index is 839. The summed E-state index contributed by atoms with van der Waals surface area (Å²) in [5.74, 6) is 0.0810. The summed E-state index contributed by atoms with van der Waals surface area (Å²) in [4.78, 5) is 29.7. The molecular formula is C23H35BrN2O4Si. The molecule has 1 saturated heterocycles. The molecule has 3 rings (SSSR count). The fourth-order valence-corrected chi connectivity index (χ4v) is 5.27. The molecule has 0 aliphatic carbocycles. The van der Waals surface area contributed by atoms with Crippen molar-refractivity contribution >= 4 is 41.7 Å². The van der Waals surface area contributed by atoms with Crippen molar-refractivity contribution < 1.29 is 19.1 Å². The number of benzene rings is 1. The average molecular weight is 512 g/mol. The van der Waals surface area contributed by atoms with Crippen molar-refractivity contribution in [2.45, 2.75) is 70.3 Å². The van der Waals surface area contributed by atoms with Gasteiger partial charge in [-0.2, -0.15) is 0 Å². The second-order valence-corrected chi connectivity index (χ2v) is 17.3. The smallest absolute Gasteiger partial charge is 0.410 e.